The molecule has 0 aliphatic carbocycles. The summed E-state index contributed by atoms with van der Waals surface area (Å²) in [6.07, 6.45) is 8.14. The van der Waals surface area contributed by atoms with Crippen molar-refractivity contribution in [3.05, 3.63) is 18.2 Å². The second-order valence-corrected chi connectivity index (χ2v) is 5.81. The Hall–Kier alpha value is -1.40. The van der Waals surface area contributed by atoms with Crippen LogP contribution in [0.25, 0.3) is 0 Å². The van der Waals surface area contributed by atoms with E-state index < -0.39 is 0 Å². The minimum atomic E-state index is -0.0581. The number of nitrogens with two attached hydrogens (primary N) is 1. The van der Waals surface area contributed by atoms with Gasteiger partial charge in [-0.15, -0.1) is 0 Å². The molecule has 1 aromatic heterocycles. The second kappa shape index (κ2) is 5.93. The molecule has 6 heteroatoms. The summed E-state index contributed by atoms with van der Waals surface area (Å²) in [6.45, 7) is 3.59. The zero-order valence-corrected chi connectivity index (χ0v) is 11.8. The van der Waals surface area contributed by atoms with Gasteiger partial charge in [0, 0.05) is 37.9 Å². The maximum absolute atomic E-state index is 12.2. The number of nitrogens with one attached hydrogen (secondary N) is 1. The van der Waals surface area contributed by atoms with Crippen LogP contribution >= 0.6 is 0 Å². The fourth-order valence-corrected chi connectivity index (χ4v) is 3.36. The Bertz CT molecular complexity index is 472. The molecule has 2 aliphatic rings. The van der Waals surface area contributed by atoms with Gasteiger partial charge in [0.25, 0.3) is 5.91 Å². The van der Waals surface area contributed by atoms with Crippen LogP contribution in [0.2, 0.25) is 0 Å². The summed E-state index contributed by atoms with van der Waals surface area (Å²) in [5.74, 6) is -0.0581. The van der Waals surface area contributed by atoms with Crippen LogP contribution in [0, 0.1) is 0 Å². The van der Waals surface area contributed by atoms with Crippen molar-refractivity contribution in [1.29, 1.82) is 0 Å². The van der Waals surface area contributed by atoms with Crippen LogP contribution < -0.4 is 11.1 Å². The van der Waals surface area contributed by atoms with Gasteiger partial charge in [0.15, 0.2) is 0 Å². The van der Waals surface area contributed by atoms with Gasteiger partial charge in [-0.1, -0.05) is 0 Å². The van der Waals surface area contributed by atoms with Crippen molar-refractivity contribution in [3.8, 4) is 0 Å². The standard InChI is InChI=1S/C14H23N5O/c15-4-7-18-9-13(16-10-18)14(20)17-11-3-6-19-5-1-2-12(19)8-11/h9-12H,1-8,15H2,(H,17,20). The van der Waals surface area contributed by atoms with Crippen LogP contribution in [-0.4, -0.2) is 52.1 Å². The normalized spacial score (nSPS) is 26.4. The first-order valence-corrected chi connectivity index (χ1v) is 7.53. The smallest absolute Gasteiger partial charge is 0.271 e. The summed E-state index contributed by atoms with van der Waals surface area (Å²) >= 11 is 0. The lowest BCUT2D eigenvalue weighted by molar-refractivity contribution is 0.0891. The van der Waals surface area contributed by atoms with Gasteiger partial charge in [0.05, 0.1) is 6.33 Å². The van der Waals surface area contributed by atoms with Gasteiger partial charge in [0.1, 0.15) is 5.69 Å². The molecule has 20 heavy (non-hydrogen) atoms. The van der Waals surface area contributed by atoms with Gasteiger partial charge in [-0.3, -0.25) is 4.79 Å². The molecule has 2 fully saturated rings. The minimum Gasteiger partial charge on any atom is -0.348 e. The Balaban J connectivity index is 1.55. The minimum absolute atomic E-state index is 0.0581. The SMILES string of the molecule is NCCn1cnc(C(=O)NC2CCN3CCCC3C2)c1. The van der Waals surface area contributed by atoms with Crippen LogP contribution in [0.15, 0.2) is 12.5 Å². The molecule has 3 heterocycles. The fourth-order valence-electron chi connectivity index (χ4n) is 3.36. The molecule has 0 bridgehead atoms. The first kappa shape index (κ1) is 13.6. The van der Waals surface area contributed by atoms with Crippen molar-refractivity contribution in [3.63, 3.8) is 0 Å². The molecule has 2 aliphatic heterocycles. The van der Waals surface area contributed by atoms with E-state index in [1.807, 2.05) is 4.57 Å². The van der Waals surface area contributed by atoms with Crippen molar-refractivity contribution in [1.82, 2.24) is 19.8 Å². The maximum atomic E-state index is 12.2. The number of imidazole rings is 1. The highest BCUT2D eigenvalue weighted by Gasteiger charge is 2.32. The van der Waals surface area contributed by atoms with Crippen LogP contribution in [0.5, 0.6) is 0 Å². The van der Waals surface area contributed by atoms with Gasteiger partial charge < -0.3 is 20.5 Å². The lowest BCUT2D eigenvalue weighted by atomic mass is 9.97. The van der Waals surface area contributed by atoms with E-state index in [9.17, 15) is 4.79 Å². The second-order valence-electron chi connectivity index (χ2n) is 5.81. The summed E-state index contributed by atoms with van der Waals surface area (Å²) in [6, 6.07) is 0.963. The molecular formula is C14H23N5O. The summed E-state index contributed by atoms with van der Waals surface area (Å²) in [7, 11) is 0. The predicted octanol–water partition coefficient (Wildman–Crippen LogP) is 0.198. The molecule has 1 amide bonds. The van der Waals surface area contributed by atoms with Crippen LogP contribution in [0.1, 0.15) is 36.2 Å². The van der Waals surface area contributed by atoms with E-state index in [1.165, 1.54) is 19.4 Å². The third-order valence-corrected chi connectivity index (χ3v) is 4.41. The molecule has 6 nitrogen and oxygen atoms in total. The molecular weight excluding hydrogens is 254 g/mol. The summed E-state index contributed by atoms with van der Waals surface area (Å²) in [5, 5.41) is 3.13. The highest BCUT2D eigenvalue weighted by atomic mass is 16.2. The van der Waals surface area contributed by atoms with Crippen molar-refractivity contribution >= 4 is 5.91 Å². The average molecular weight is 277 g/mol. The van der Waals surface area contributed by atoms with Gasteiger partial charge in [-0.25, -0.2) is 4.98 Å². The third-order valence-electron chi connectivity index (χ3n) is 4.41. The van der Waals surface area contributed by atoms with E-state index in [0.717, 1.165) is 19.4 Å². The number of piperidine rings is 1. The number of aromatic nitrogens is 2. The van der Waals surface area contributed by atoms with E-state index in [4.69, 9.17) is 5.73 Å². The van der Waals surface area contributed by atoms with E-state index in [0.29, 0.717) is 30.9 Å². The molecule has 0 saturated carbocycles. The van der Waals surface area contributed by atoms with Crippen molar-refractivity contribution in [2.75, 3.05) is 19.6 Å². The molecule has 3 rings (SSSR count). The topological polar surface area (TPSA) is 76.2 Å². The molecule has 0 radical (unpaired) electrons. The molecule has 0 aromatic carbocycles. The number of fused-ring (bicyclic) bond motifs is 1. The third kappa shape index (κ3) is 2.86. The lowest BCUT2D eigenvalue weighted by Gasteiger charge is -2.34. The Morgan fingerprint density at radius 3 is 3.20 bits per heavy atom. The predicted molar refractivity (Wildman–Crippen MR) is 76.4 cm³/mol. The van der Waals surface area contributed by atoms with Gasteiger partial charge in [-0.2, -0.15) is 0 Å². The monoisotopic (exact) mass is 277 g/mol. The molecule has 2 saturated heterocycles. The number of nitrogens with zero attached hydrogens (tertiary/aromatic N) is 3. The molecule has 2 unspecified atom stereocenters. The Morgan fingerprint density at radius 2 is 2.35 bits per heavy atom. The van der Waals surface area contributed by atoms with Crippen molar-refractivity contribution in [2.45, 2.75) is 44.3 Å². The molecule has 3 N–H and O–H groups in total. The Morgan fingerprint density at radius 1 is 1.45 bits per heavy atom. The Kier molecular flexibility index (Phi) is 4.03. The number of carbonyl (C=O) groups excluding carboxylic acids is 1. The number of carbonyl (C=O) groups is 1. The maximum Gasteiger partial charge on any atom is 0.271 e. The summed E-state index contributed by atoms with van der Waals surface area (Å²) < 4.78 is 1.86. The number of hydrogen-bond acceptors (Lipinski definition) is 4. The van der Waals surface area contributed by atoms with Crippen LogP contribution in [-0.2, 0) is 6.54 Å². The Labute approximate surface area is 119 Å². The number of amides is 1. The van der Waals surface area contributed by atoms with Crippen LogP contribution in [0.4, 0.5) is 0 Å². The largest absolute Gasteiger partial charge is 0.348 e. The van der Waals surface area contributed by atoms with Gasteiger partial charge in [-0.05, 0) is 32.2 Å². The zero-order chi connectivity index (χ0) is 13.9. The number of rotatable bonds is 4. The van der Waals surface area contributed by atoms with Crippen molar-refractivity contribution in [2.24, 2.45) is 5.73 Å². The van der Waals surface area contributed by atoms with E-state index in [2.05, 4.69) is 15.2 Å². The van der Waals surface area contributed by atoms with Crippen molar-refractivity contribution < 1.29 is 4.79 Å². The summed E-state index contributed by atoms with van der Waals surface area (Å²) in [4.78, 5) is 18.9. The summed E-state index contributed by atoms with van der Waals surface area (Å²) in [5.41, 5.74) is 5.98. The lowest BCUT2D eigenvalue weighted by Crippen LogP contribution is -2.47. The number of hydrogen-bond donors (Lipinski definition) is 2. The zero-order valence-electron chi connectivity index (χ0n) is 11.8. The van der Waals surface area contributed by atoms with E-state index >= 15 is 0 Å². The van der Waals surface area contributed by atoms with Gasteiger partial charge in [0.2, 0.25) is 0 Å². The van der Waals surface area contributed by atoms with E-state index in [1.54, 1.807) is 12.5 Å². The van der Waals surface area contributed by atoms with Crippen LogP contribution in [0.3, 0.4) is 0 Å². The quantitative estimate of drug-likeness (QED) is 0.824. The molecule has 2 atom stereocenters. The van der Waals surface area contributed by atoms with E-state index in [-0.39, 0.29) is 5.91 Å². The van der Waals surface area contributed by atoms with Gasteiger partial charge >= 0.3 is 0 Å². The highest BCUT2D eigenvalue weighted by Crippen LogP contribution is 2.26. The molecule has 110 valence electrons. The molecule has 1 aromatic rings. The fraction of sp³-hybridized carbons (Fsp3) is 0.714. The average Bonchev–Trinajstić information content (AvgIpc) is 3.07. The molecule has 0 spiro atoms. The first-order valence-electron chi connectivity index (χ1n) is 7.53. The first-order chi connectivity index (χ1) is 9.76. The highest BCUT2D eigenvalue weighted by molar-refractivity contribution is 5.92.